The van der Waals surface area contributed by atoms with E-state index in [-0.39, 0.29) is 10.8 Å². The highest BCUT2D eigenvalue weighted by Gasteiger charge is 2.28. The molecule has 29 heavy (non-hydrogen) atoms. The molecule has 3 rings (SSSR count). The number of amides is 1. The van der Waals surface area contributed by atoms with E-state index >= 15 is 0 Å². The zero-order valence-electron chi connectivity index (χ0n) is 16.9. The number of nitrogens with one attached hydrogen (secondary N) is 1. The van der Waals surface area contributed by atoms with Gasteiger partial charge >= 0.3 is 0 Å². The van der Waals surface area contributed by atoms with Gasteiger partial charge in [-0.25, -0.2) is 8.42 Å². The number of nitrogens with zero attached hydrogens (tertiary/aromatic N) is 2. The van der Waals surface area contributed by atoms with Crippen molar-refractivity contribution in [2.75, 3.05) is 31.1 Å². The molecule has 1 N–H and O–H groups in total. The van der Waals surface area contributed by atoms with Crippen molar-refractivity contribution >= 4 is 33.2 Å². The first-order valence-electron chi connectivity index (χ1n) is 9.57. The molecular weight excluding hydrogens is 410 g/mol. The Morgan fingerprint density at radius 1 is 1.03 bits per heavy atom. The molecule has 2 aromatic carbocycles. The van der Waals surface area contributed by atoms with Crippen molar-refractivity contribution in [1.29, 1.82) is 0 Å². The zero-order valence-corrected chi connectivity index (χ0v) is 18.4. The molecule has 1 fully saturated rings. The van der Waals surface area contributed by atoms with E-state index in [4.69, 9.17) is 11.6 Å². The molecule has 0 bridgehead atoms. The standard InChI is InChI=1S/C21H26ClN3O3S/c1-15-5-4-6-20(16(15)2)24-11-13-25(14-12-24)21(26)17(3)23-29(27,28)19-9-7-18(22)8-10-19/h4-10,17,23H,11-14H2,1-3H3/t17-/m1/s1. The molecule has 0 spiro atoms. The third-order valence-electron chi connectivity index (χ3n) is 5.33. The minimum atomic E-state index is -3.79. The lowest BCUT2D eigenvalue weighted by Gasteiger charge is -2.38. The summed E-state index contributed by atoms with van der Waals surface area (Å²) >= 11 is 5.81. The molecule has 8 heteroatoms. The van der Waals surface area contributed by atoms with Gasteiger partial charge in [0.25, 0.3) is 0 Å². The minimum absolute atomic E-state index is 0.0845. The predicted molar refractivity (Wildman–Crippen MR) is 116 cm³/mol. The first-order valence-corrected chi connectivity index (χ1v) is 11.4. The number of rotatable bonds is 5. The van der Waals surface area contributed by atoms with Gasteiger partial charge in [-0.15, -0.1) is 0 Å². The van der Waals surface area contributed by atoms with Crippen LogP contribution in [0.5, 0.6) is 0 Å². The number of anilines is 1. The average Bonchev–Trinajstić information content (AvgIpc) is 2.69. The Balaban J connectivity index is 1.61. The van der Waals surface area contributed by atoms with Gasteiger partial charge in [-0.05, 0) is 62.2 Å². The molecule has 1 saturated heterocycles. The maximum atomic E-state index is 12.8. The maximum Gasteiger partial charge on any atom is 0.241 e. The molecule has 2 aromatic rings. The van der Waals surface area contributed by atoms with E-state index in [1.165, 1.54) is 41.1 Å². The van der Waals surface area contributed by atoms with E-state index in [0.717, 1.165) is 0 Å². The Bertz CT molecular complexity index is 985. The Morgan fingerprint density at radius 2 is 1.66 bits per heavy atom. The molecule has 156 valence electrons. The highest BCUT2D eigenvalue weighted by Crippen LogP contribution is 2.24. The minimum Gasteiger partial charge on any atom is -0.368 e. The summed E-state index contributed by atoms with van der Waals surface area (Å²) < 4.78 is 27.5. The highest BCUT2D eigenvalue weighted by atomic mass is 35.5. The summed E-state index contributed by atoms with van der Waals surface area (Å²) in [4.78, 5) is 16.9. The lowest BCUT2D eigenvalue weighted by atomic mass is 10.1. The molecule has 1 aliphatic heterocycles. The van der Waals surface area contributed by atoms with Crippen molar-refractivity contribution in [2.45, 2.75) is 31.7 Å². The van der Waals surface area contributed by atoms with Crippen LogP contribution in [0.3, 0.4) is 0 Å². The van der Waals surface area contributed by atoms with Crippen LogP contribution in [0, 0.1) is 13.8 Å². The topological polar surface area (TPSA) is 69.7 Å². The van der Waals surface area contributed by atoms with Crippen LogP contribution in [-0.4, -0.2) is 51.4 Å². The van der Waals surface area contributed by atoms with E-state index in [2.05, 4.69) is 35.6 Å². The van der Waals surface area contributed by atoms with Crippen LogP contribution in [0.4, 0.5) is 5.69 Å². The SMILES string of the molecule is Cc1cccc(N2CCN(C(=O)[C@@H](C)NS(=O)(=O)c3ccc(Cl)cc3)CC2)c1C. The summed E-state index contributed by atoms with van der Waals surface area (Å²) in [7, 11) is -3.79. The van der Waals surface area contributed by atoms with Crippen molar-refractivity contribution in [3.63, 3.8) is 0 Å². The van der Waals surface area contributed by atoms with Gasteiger partial charge in [0.05, 0.1) is 10.9 Å². The van der Waals surface area contributed by atoms with E-state index in [9.17, 15) is 13.2 Å². The van der Waals surface area contributed by atoms with Gasteiger partial charge in [-0.1, -0.05) is 23.7 Å². The average molecular weight is 436 g/mol. The van der Waals surface area contributed by atoms with Gasteiger partial charge in [-0.2, -0.15) is 4.72 Å². The largest absolute Gasteiger partial charge is 0.368 e. The summed E-state index contributed by atoms with van der Waals surface area (Å²) in [5.74, 6) is -0.219. The monoisotopic (exact) mass is 435 g/mol. The van der Waals surface area contributed by atoms with Crippen molar-refractivity contribution in [1.82, 2.24) is 9.62 Å². The molecule has 0 unspecified atom stereocenters. The summed E-state index contributed by atoms with van der Waals surface area (Å²) in [5.41, 5.74) is 3.68. The number of sulfonamides is 1. The van der Waals surface area contributed by atoms with Crippen LogP contribution in [0.15, 0.2) is 47.4 Å². The number of carbonyl (C=O) groups excluding carboxylic acids is 1. The van der Waals surface area contributed by atoms with Crippen LogP contribution in [0.25, 0.3) is 0 Å². The fourth-order valence-corrected chi connectivity index (χ4v) is 4.81. The molecule has 1 amide bonds. The summed E-state index contributed by atoms with van der Waals surface area (Å²) in [5, 5.41) is 0.454. The zero-order chi connectivity index (χ0) is 21.2. The van der Waals surface area contributed by atoms with Crippen molar-refractivity contribution in [2.24, 2.45) is 0 Å². The predicted octanol–water partition coefficient (Wildman–Crippen LogP) is 2.97. The smallest absolute Gasteiger partial charge is 0.241 e. The number of hydrogen-bond donors (Lipinski definition) is 1. The Hall–Kier alpha value is -2.09. The van der Waals surface area contributed by atoms with Gasteiger partial charge in [0.15, 0.2) is 0 Å². The Morgan fingerprint density at radius 3 is 2.28 bits per heavy atom. The van der Waals surface area contributed by atoms with Gasteiger partial charge < -0.3 is 9.80 Å². The molecule has 0 aliphatic carbocycles. The van der Waals surface area contributed by atoms with Crippen molar-refractivity contribution in [3.05, 3.63) is 58.6 Å². The summed E-state index contributed by atoms with van der Waals surface area (Å²) in [6.45, 7) is 8.31. The van der Waals surface area contributed by atoms with Gasteiger partial charge in [0.2, 0.25) is 15.9 Å². The molecule has 0 saturated carbocycles. The first-order chi connectivity index (χ1) is 13.7. The fourth-order valence-electron chi connectivity index (χ4n) is 3.48. The van der Waals surface area contributed by atoms with E-state index in [1.54, 1.807) is 11.8 Å². The lowest BCUT2D eigenvalue weighted by Crippen LogP contribution is -2.54. The first kappa shape index (κ1) is 21.6. The van der Waals surface area contributed by atoms with Crippen LogP contribution in [-0.2, 0) is 14.8 Å². The molecule has 0 radical (unpaired) electrons. The van der Waals surface area contributed by atoms with Crippen LogP contribution < -0.4 is 9.62 Å². The second-order valence-electron chi connectivity index (χ2n) is 7.33. The number of halogens is 1. The number of benzene rings is 2. The number of piperazine rings is 1. The fraction of sp³-hybridized carbons (Fsp3) is 0.381. The number of aryl methyl sites for hydroxylation is 1. The number of hydrogen-bond acceptors (Lipinski definition) is 4. The highest BCUT2D eigenvalue weighted by molar-refractivity contribution is 7.89. The molecule has 0 aromatic heterocycles. The third kappa shape index (κ3) is 4.91. The normalized spacial score (nSPS) is 16.0. The van der Waals surface area contributed by atoms with E-state index in [1.807, 2.05) is 6.07 Å². The Kier molecular flexibility index (Phi) is 6.51. The summed E-state index contributed by atoms with van der Waals surface area (Å²) in [6, 6.07) is 11.3. The van der Waals surface area contributed by atoms with Crippen LogP contribution in [0.2, 0.25) is 5.02 Å². The second kappa shape index (κ2) is 8.73. The van der Waals surface area contributed by atoms with Crippen molar-refractivity contribution < 1.29 is 13.2 Å². The lowest BCUT2D eigenvalue weighted by molar-refractivity contribution is -0.132. The molecule has 1 heterocycles. The van der Waals surface area contributed by atoms with Crippen molar-refractivity contribution in [3.8, 4) is 0 Å². The van der Waals surface area contributed by atoms with Gasteiger partial charge in [-0.3, -0.25) is 4.79 Å². The third-order valence-corrected chi connectivity index (χ3v) is 7.14. The second-order valence-corrected chi connectivity index (χ2v) is 9.48. The summed E-state index contributed by atoms with van der Waals surface area (Å²) in [6.07, 6.45) is 0. The quantitative estimate of drug-likeness (QED) is 0.783. The maximum absolute atomic E-state index is 12.8. The Labute approximate surface area is 177 Å². The van der Waals surface area contributed by atoms with Gasteiger partial charge in [0, 0.05) is 36.9 Å². The van der Waals surface area contributed by atoms with Crippen LogP contribution >= 0.6 is 11.6 Å². The van der Waals surface area contributed by atoms with E-state index in [0.29, 0.717) is 31.2 Å². The van der Waals surface area contributed by atoms with Gasteiger partial charge in [0.1, 0.15) is 0 Å². The van der Waals surface area contributed by atoms with E-state index < -0.39 is 16.1 Å². The molecule has 1 aliphatic rings. The number of carbonyl (C=O) groups is 1. The molecule has 6 nitrogen and oxygen atoms in total. The van der Waals surface area contributed by atoms with Crippen LogP contribution in [0.1, 0.15) is 18.1 Å². The molecular formula is C21H26ClN3O3S. The molecule has 1 atom stereocenters.